The molecule has 2 rings (SSSR count). The molecule has 0 unspecified atom stereocenters. The summed E-state index contributed by atoms with van der Waals surface area (Å²) in [4.78, 5) is 0. The average Bonchev–Trinajstić information content (AvgIpc) is 2.88. The molecule has 3 heteroatoms. The Morgan fingerprint density at radius 1 is 1.32 bits per heavy atom. The first-order valence-electron chi connectivity index (χ1n) is 7.33. The van der Waals surface area contributed by atoms with Gasteiger partial charge in [0.05, 0.1) is 0 Å². The Morgan fingerprint density at radius 2 is 2.11 bits per heavy atom. The molecule has 1 saturated carbocycles. The van der Waals surface area contributed by atoms with Crippen molar-refractivity contribution in [1.29, 1.82) is 0 Å². The monoisotopic (exact) mass is 325 g/mol. The van der Waals surface area contributed by atoms with E-state index in [9.17, 15) is 0 Å². The molecule has 0 amide bonds. The summed E-state index contributed by atoms with van der Waals surface area (Å²) in [6.07, 6.45) is 6.90. The van der Waals surface area contributed by atoms with Gasteiger partial charge in [-0.1, -0.05) is 41.8 Å². The first-order chi connectivity index (χ1) is 9.24. The smallest absolute Gasteiger partial charge is 0.120 e. The van der Waals surface area contributed by atoms with Crippen LogP contribution >= 0.6 is 15.9 Å². The van der Waals surface area contributed by atoms with Crippen LogP contribution in [0, 0.1) is 5.41 Å². The number of hydrogen-bond donors (Lipinski definition) is 1. The van der Waals surface area contributed by atoms with Crippen molar-refractivity contribution in [2.75, 3.05) is 19.7 Å². The molecule has 1 aromatic rings. The number of rotatable bonds is 7. The van der Waals surface area contributed by atoms with Crippen molar-refractivity contribution in [2.24, 2.45) is 5.41 Å². The lowest BCUT2D eigenvalue weighted by Gasteiger charge is -2.27. The fraction of sp³-hybridized carbons (Fsp3) is 0.625. The van der Waals surface area contributed by atoms with E-state index in [0.717, 1.165) is 29.9 Å². The van der Waals surface area contributed by atoms with E-state index in [2.05, 4.69) is 28.2 Å². The van der Waals surface area contributed by atoms with E-state index in [4.69, 9.17) is 4.74 Å². The Balaban J connectivity index is 1.64. The van der Waals surface area contributed by atoms with Crippen LogP contribution < -0.4 is 10.1 Å². The highest BCUT2D eigenvalue weighted by atomic mass is 79.9. The minimum atomic E-state index is 0.565. The van der Waals surface area contributed by atoms with Gasteiger partial charge in [0.15, 0.2) is 0 Å². The number of nitrogens with one attached hydrogen (secondary N) is 1. The predicted molar refractivity (Wildman–Crippen MR) is 83.7 cm³/mol. The second-order valence-electron chi connectivity index (χ2n) is 5.54. The second-order valence-corrected chi connectivity index (χ2v) is 6.46. The minimum Gasteiger partial charge on any atom is -0.492 e. The van der Waals surface area contributed by atoms with Gasteiger partial charge < -0.3 is 10.1 Å². The van der Waals surface area contributed by atoms with Crippen molar-refractivity contribution in [3.05, 3.63) is 28.7 Å². The topological polar surface area (TPSA) is 21.3 Å². The normalized spacial score (nSPS) is 17.6. The minimum absolute atomic E-state index is 0.565. The molecule has 0 aliphatic heterocycles. The van der Waals surface area contributed by atoms with E-state index in [1.165, 1.54) is 32.1 Å². The molecule has 106 valence electrons. The van der Waals surface area contributed by atoms with Gasteiger partial charge in [0.1, 0.15) is 12.4 Å². The number of halogens is 1. The van der Waals surface area contributed by atoms with Gasteiger partial charge in [-0.2, -0.15) is 0 Å². The standard InChI is InChI=1S/C16H24BrNO/c1-2-16(8-3-4-9-16)13-18-10-11-19-15-7-5-6-14(17)12-15/h5-7,12,18H,2-4,8-11,13H2,1H3. The zero-order valence-electron chi connectivity index (χ0n) is 11.8. The van der Waals surface area contributed by atoms with Crippen LogP contribution in [0.25, 0.3) is 0 Å². The van der Waals surface area contributed by atoms with Crippen molar-refractivity contribution >= 4 is 15.9 Å². The van der Waals surface area contributed by atoms with Gasteiger partial charge in [-0.05, 0) is 42.9 Å². The lowest BCUT2D eigenvalue weighted by molar-refractivity contribution is 0.251. The fourth-order valence-corrected chi connectivity index (χ4v) is 3.31. The quantitative estimate of drug-likeness (QED) is 0.751. The summed E-state index contributed by atoms with van der Waals surface area (Å²) in [5.41, 5.74) is 0.565. The molecule has 0 atom stereocenters. The van der Waals surface area contributed by atoms with E-state index in [1.54, 1.807) is 0 Å². The third-order valence-corrected chi connectivity index (χ3v) is 4.75. The van der Waals surface area contributed by atoms with Gasteiger partial charge in [-0.3, -0.25) is 0 Å². The average molecular weight is 326 g/mol. The lowest BCUT2D eigenvalue weighted by Crippen LogP contribution is -2.33. The van der Waals surface area contributed by atoms with Crippen molar-refractivity contribution in [2.45, 2.75) is 39.0 Å². The van der Waals surface area contributed by atoms with Crippen LogP contribution in [0.5, 0.6) is 5.75 Å². The first-order valence-corrected chi connectivity index (χ1v) is 8.12. The molecule has 1 aliphatic rings. The Hall–Kier alpha value is -0.540. The molecule has 1 aromatic carbocycles. The number of hydrogen-bond acceptors (Lipinski definition) is 2. The van der Waals surface area contributed by atoms with E-state index in [0.29, 0.717) is 5.41 Å². The van der Waals surface area contributed by atoms with Crippen molar-refractivity contribution in [1.82, 2.24) is 5.32 Å². The maximum absolute atomic E-state index is 5.73. The zero-order chi connectivity index (χ0) is 13.6. The molecule has 0 heterocycles. The van der Waals surface area contributed by atoms with E-state index in [1.807, 2.05) is 24.3 Å². The summed E-state index contributed by atoms with van der Waals surface area (Å²) >= 11 is 3.45. The van der Waals surface area contributed by atoms with E-state index in [-0.39, 0.29) is 0 Å². The molecular formula is C16H24BrNO. The highest BCUT2D eigenvalue weighted by molar-refractivity contribution is 9.10. The second kappa shape index (κ2) is 7.30. The van der Waals surface area contributed by atoms with Crippen LogP contribution in [0.4, 0.5) is 0 Å². The molecular weight excluding hydrogens is 302 g/mol. The maximum atomic E-state index is 5.73. The largest absolute Gasteiger partial charge is 0.492 e. The summed E-state index contributed by atoms with van der Waals surface area (Å²) < 4.78 is 6.79. The molecule has 0 spiro atoms. The van der Waals surface area contributed by atoms with Crippen LogP contribution in [0.3, 0.4) is 0 Å². The lowest BCUT2D eigenvalue weighted by atomic mass is 9.83. The third kappa shape index (κ3) is 4.50. The van der Waals surface area contributed by atoms with E-state index >= 15 is 0 Å². The number of ether oxygens (including phenoxy) is 1. The molecule has 0 aromatic heterocycles. The first kappa shape index (κ1) is 14.9. The molecule has 1 fully saturated rings. The molecule has 0 bridgehead atoms. The molecule has 0 radical (unpaired) electrons. The maximum Gasteiger partial charge on any atom is 0.120 e. The van der Waals surface area contributed by atoms with Gasteiger partial charge in [-0.25, -0.2) is 0 Å². The molecule has 1 aliphatic carbocycles. The SMILES string of the molecule is CCC1(CNCCOc2cccc(Br)c2)CCCC1. The summed E-state index contributed by atoms with van der Waals surface area (Å²) in [7, 11) is 0. The zero-order valence-corrected chi connectivity index (χ0v) is 13.3. The van der Waals surface area contributed by atoms with Crippen LogP contribution in [-0.2, 0) is 0 Å². The highest BCUT2D eigenvalue weighted by Gasteiger charge is 2.31. The highest BCUT2D eigenvalue weighted by Crippen LogP contribution is 2.40. The van der Waals surface area contributed by atoms with E-state index < -0.39 is 0 Å². The van der Waals surface area contributed by atoms with Gasteiger partial charge in [-0.15, -0.1) is 0 Å². The molecule has 19 heavy (non-hydrogen) atoms. The summed E-state index contributed by atoms with van der Waals surface area (Å²) in [6, 6.07) is 8.01. The Kier molecular flexibility index (Phi) is 5.71. The molecule has 2 nitrogen and oxygen atoms in total. The van der Waals surface area contributed by atoms with Gasteiger partial charge in [0.2, 0.25) is 0 Å². The Labute approximate surface area is 125 Å². The van der Waals surface area contributed by atoms with Crippen LogP contribution in [-0.4, -0.2) is 19.7 Å². The summed E-state index contributed by atoms with van der Waals surface area (Å²) in [6.45, 7) is 5.13. The Bertz CT molecular complexity index is 388. The third-order valence-electron chi connectivity index (χ3n) is 4.26. The van der Waals surface area contributed by atoms with Crippen molar-refractivity contribution in [3.63, 3.8) is 0 Å². The molecule has 0 saturated heterocycles. The van der Waals surface area contributed by atoms with Gasteiger partial charge in [0.25, 0.3) is 0 Å². The molecule has 1 N–H and O–H groups in total. The Morgan fingerprint density at radius 3 is 2.79 bits per heavy atom. The van der Waals surface area contributed by atoms with Crippen LogP contribution in [0.2, 0.25) is 0 Å². The van der Waals surface area contributed by atoms with Crippen LogP contribution in [0.1, 0.15) is 39.0 Å². The summed E-state index contributed by atoms with van der Waals surface area (Å²) in [5.74, 6) is 0.933. The van der Waals surface area contributed by atoms with Gasteiger partial charge >= 0.3 is 0 Å². The summed E-state index contributed by atoms with van der Waals surface area (Å²) in [5, 5.41) is 3.57. The van der Waals surface area contributed by atoms with Gasteiger partial charge in [0, 0.05) is 17.6 Å². The van der Waals surface area contributed by atoms with Crippen molar-refractivity contribution in [3.8, 4) is 5.75 Å². The number of benzene rings is 1. The van der Waals surface area contributed by atoms with Crippen LogP contribution in [0.15, 0.2) is 28.7 Å². The van der Waals surface area contributed by atoms with Crippen molar-refractivity contribution < 1.29 is 4.74 Å². The fourth-order valence-electron chi connectivity index (χ4n) is 2.93. The predicted octanol–water partition coefficient (Wildman–Crippen LogP) is 4.39.